The van der Waals surface area contributed by atoms with Crippen LogP contribution in [0.3, 0.4) is 0 Å². The summed E-state index contributed by atoms with van der Waals surface area (Å²) in [5, 5.41) is 3.62. The summed E-state index contributed by atoms with van der Waals surface area (Å²) in [6.45, 7) is 7.57. The normalized spacial score (nSPS) is 13.3. The van der Waals surface area contributed by atoms with Crippen molar-refractivity contribution in [2.45, 2.75) is 45.9 Å². The van der Waals surface area contributed by atoms with Crippen molar-refractivity contribution in [3.05, 3.63) is 71.8 Å². The fourth-order valence-corrected chi connectivity index (χ4v) is 2.94. The van der Waals surface area contributed by atoms with E-state index < -0.39 is 0 Å². The number of benzene rings is 2. The minimum absolute atomic E-state index is 0.0109. The molecule has 2 aromatic carbocycles. The summed E-state index contributed by atoms with van der Waals surface area (Å²) in [6, 6.07) is 20.4. The maximum atomic E-state index is 12.0. The second kappa shape index (κ2) is 11.5. The quantitative estimate of drug-likeness (QED) is 0.592. The number of esters is 1. The molecule has 0 saturated carbocycles. The number of carbonyl (C=O) groups excluding carboxylic acids is 1. The summed E-state index contributed by atoms with van der Waals surface area (Å²) in [7, 11) is 0. The van der Waals surface area contributed by atoms with Gasteiger partial charge in [0.2, 0.25) is 0 Å². The van der Waals surface area contributed by atoms with Crippen molar-refractivity contribution >= 4 is 5.97 Å². The molecule has 27 heavy (non-hydrogen) atoms. The van der Waals surface area contributed by atoms with Gasteiger partial charge >= 0.3 is 5.97 Å². The van der Waals surface area contributed by atoms with Gasteiger partial charge in [0.1, 0.15) is 0 Å². The first-order valence-electron chi connectivity index (χ1n) is 9.68. The molecule has 2 rings (SSSR count). The minimum Gasteiger partial charge on any atom is -0.466 e. The smallest absolute Gasteiger partial charge is 0.307 e. The zero-order chi connectivity index (χ0) is 19.5. The number of rotatable bonds is 11. The average molecular weight is 370 g/mol. The van der Waals surface area contributed by atoms with Crippen LogP contribution in [0, 0.1) is 5.92 Å². The highest BCUT2D eigenvalue weighted by molar-refractivity contribution is 5.70. The van der Waals surface area contributed by atoms with Crippen molar-refractivity contribution in [2.75, 3.05) is 13.2 Å². The van der Waals surface area contributed by atoms with Gasteiger partial charge in [0.15, 0.2) is 0 Å². The van der Waals surface area contributed by atoms with Gasteiger partial charge in [-0.2, -0.15) is 0 Å². The summed E-state index contributed by atoms with van der Waals surface area (Å²) < 4.78 is 11.1. The SMILES string of the molecule is CCOC(=O)C[C@@H](N[C@@H](COCc1ccccc1)c1ccccc1)C(C)C. The summed E-state index contributed by atoms with van der Waals surface area (Å²) in [6.07, 6.45) is 0.355. The van der Waals surface area contributed by atoms with Crippen LogP contribution in [0.1, 0.15) is 44.4 Å². The van der Waals surface area contributed by atoms with E-state index >= 15 is 0 Å². The Hall–Kier alpha value is -2.17. The summed E-state index contributed by atoms with van der Waals surface area (Å²) >= 11 is 0. The first-order chi connectivity index (χ1) is 13.1. The van der Waals surface area contributed by atoms with E-state index in [0.29, 0.717) is 32.2 Å². The van der Waals surface area contributed by atoms with Gasteiger partial charge in [-0.25, -0.2) is 0 Å². The van der Waals surface area contributed by atoms with Gasteiger partial charge in [-0.05, 0) is 24.0 Å². The molecule has 0 aromatic heterocycles. The predicted octanol–water partition coefficient (Wildman–Crippen LogP) is 4.51. The van der Waals surface area contributed by atoms with E-state index in [9.17, 15) is 4.79 Å². The van der Waals surface area contributed by atoms with Crippen LogP contribution in [-0.2, 0) is 20.9 Å². The molecule has 0 bridgehead atoms. The molecule has 4 nitrogen and oxygen atoms in total. The Morgan fingerprint density at radius 3 is 2.22 bits per heavy atom. The van der Waals surface area contributed by atoms with Crippen LogP contribution >= 0.6 is 0 Å². The number of hydrogen-bond donors (Lipinski definition) is 1. The topological polar surface area (TPSA) is 47.6 Å². The molecule has 0 radical (unpaired) electrons. The molecular formula is C23H31NO3. The van der Waals surface area contributed by atoms with Crippen molar-refractivity contribution in [3.63, 3.8) is 0 Å². The van der Waals surface area contributed by atoms with Crippen LogP contribution in [0.25, 0.3) is 0 Å². The van der Waals surface area contributed by atoms with Crippen LogP contribution in [0.5, 0.6) is 0 Å². The van der Waals surface area contributed by atoms with Crippen LogP contribution in [0.2, 0.25) is 0 Å². The Morgan fingerprint density at radius 2 is 1.63 bits per heavy atom. The number of ether oxygens (including phenoxy) is 2. The van der Waals surface area contributed by atoms with E-state index in [2.05, 4.69) is 43.4 Å². The molecule has 2 atom stereocenters. The zero-order valence-corrected chi connectivity index (χ0v) is 16.6. The van der Waals surface area contributed by atoms with Crippen LogP contribution in [0.15, 0.2) is 60.7 Å². The summed E-state index contributed by atoms with van der Waals surface area (Å²) in [5.74, 6) is 0.135. The highest BCUT2D eigenvalue weighted by Crippen LogP contribution is 2.18. The first-order valence-corrected chi connectivity index (χ1v) is 9.68. The van der Waals surface area contributed by atoms with Gasteiger partial charge in [0.05, 0.1) is 32.3 Å². The second-order valence-electron chi connectivity index (χ2n) is 6.99. The molecular weight excluding hydrogens is 338 g/mol. The highest BCUT2D eigenvalue weighted by atomic mass is 16.5. The van der Waals surface area contributed by atoms with Crippen LogP contribution in [-0.4, -0.2) is 25.2 Å². The number of hydrogen-bond acceptors (Lipinski definition) is 4. The van der Waals surface area contributed by atoms with E-state index in [0.717, 1.165) is 11.1 Å². The molecule has 0 aliphatic heterocycles. The van der Waals surface area contributed by atoms with Gasteiger partial charge in [0.25, 0.3) is 0 Å². The molecule has 0 spiro atoms. The van der Waals surface area contributed by atoms with Crippen molar-refractivity contribution in [1.29, 1.82) is 0 Å². The lowest BCUT2D eigenvalue weighted by Gasteiger charge is -2.28. The Labute approximate surface area is 162 Å². The molecule has 146 valence electrons. The summed E-state index contributed by atoms with van der Waals surface area (Å²) in [4.78, 5) is 12.0. The Kier molecular flexibility index (Phi) is 9.02. The minimum atomic E-state index is -0.166. The van der Waals surface area contributed by atoms with Crippen LogP contribution in [0.4, 0.5) is 0 Å². The zero-order valence-electron chi connectivity index (χ0n) is 16.6. The van der Waals surface area contributed by atoms with Gasteiger partial charge in [-0.1, -0.05) is 74.5 Å². The molecule has 0 aliphatic rings. The largest absolute Gasteiger partial charge is 0.466 e. The van der Waals surface area contributed by atoms with E-state index in [1.54, 1.807) is 0 Å². The lowest BCUT2D eigenvalue weighted by atomic mass is 9.98. The van der Waals surface area contributed by atoms with Gasteiger partial charge in [0, 0.05) is 6.04 Å². The molecule has 4 heteroatoms. The molecule has 1 N–H and O–H groups in total. The molecule has 0 heterocycles. The van der Waals surface area contributed by atoms with Crippen molar-refractivity contribution in [3.8, 4) is 0 Å². The van der Waals surface area contributed by atoms with Crippen molar-refractivity contribution in [2.24, 2.45) is 5.92 Å². The maximum absolute atomic E-state index is 12.0. The van der Waals surface area contributed by atoms with Gasteiger partial charge < -0.3 is 14.8 Å². The van der Waals surface area contributed by atoms with E-state index in [4.69, 9.17) is 9.47 Å². The second-order valence-corrected chi connectivity index (χ2v) is 6.99. The third kappa shape index (κ3) is 7.53. The third-order valence-electron chi connectivity index (χ3n) is 4.51. The molecule has 0 aliphatic carbocycles. The molecule has 0 amide bonds. The average Bonchev–Trinajstić information content (AvgIpc) is 2.68. The van der Waals surface area contributed by atoms with Crippen molar-refractivity contribution in [1.82, 2.24) is 5.32 Å². The summed E-state index contributed by atoms with van der Waals surface area (Å²) in [5.41, 5.74) is 2.30. The Balaban J connectivity index is 2.03. The molecule has 2 aromatic rings. The molecule has 0 saturated heterocycles. The van der Waals surface area contributed by atoms with Gasteiger partial charge in [-0.3, -0.25) is 4.79 Å². The highest BCUT2D eigenvalue weighted by Gasteiger charge is 2.23. The Bertz CT molecular complexity index is 658. The standard InChI is InChI=1S/C23H31NO3/c1-4-27-23(25)15-21(18(2)3)24-22(20-13-9-6-10-14-20)17-26-16-19-11-7-5-8-12-19/h5-14,18,21-22,24H,4,15-17H2,1-3H3/t21-,22+/m1/s1. The lowest BCUT2D eigenvalue weighted by molar-refractivity contribution is -0.144. The molecule has 0 unspecified atom stereocenters. The predicted molar refractivity (Wildman–Crippen MR) is 108 cm³/mol. The van der Waals surface area contributed by atoms with E-state index in [1.807, 2.05) is 43.3 Å². The fraction of sp³-hybridized carbons (Fsp3) is 0.435. The molecule has 0 fully saturated rings. The van der Waals surface area contributed by atoms with Crippen LogP contribution < -0.4 is 5.32 Å². The van der Waals surface area contributed by atoms with E-state index in [-0.39, 0.29) is 18.1 Å². The lowest BCUT2D eigenvalue weighted by Crippen LogP contribution is -2.40. The number of nitrogens with one attached hydrogen (secondary N) is 1. The monoisotopic (exact) mass is 369 g/mol. The third-order valence-corrected chi connectivity index (χ3v) is 4.51. The maximum Gasteiger partial charge on any atom is 0.307 e. The Morgan fingerprint density at radius 1 is 1.00 bits per heavy atom. The number of carbonyl (C=O) groups is 1. The van der Waals surface area contributed by atoms with Crippen molar-refractivity contribution < 1.29 is 14.3 Å². The van der Waals surface area contributed by atoms with E-state index in [1.165, 1.54) is 0 Å². The first kappa shape index (κ1) is 21.1. The fourth-order valence-electron chi connectivity index (χ4n) is 2.94. The van der Waals surface area contributed by atoms with Gasteiger partial charge in [-0.15, -0.1) is 0 Å².